The Morgan fingerprint density at radius 2 is 2.29 bits per heavy atom. The second-order valence-corrected chi connectivity index (χ2v) is 4.70. The number of benzene rings is 1. The summed E-state index contributed by atoms with van der Waals surface area (Å²) in [7, 11) is 1.37. The Balaban J connectivity index is 2.46. The molecule has 0 radical (unpaired) electrons. The molecule has 0 saturated heterocycles. The lowest BCUT2D eigenvalue weighted by atomic mass is 9.99. The first-order valence-corrected chi connectivity index (χ1v) is 6.45. The van der Waals surface area contributed by atoms with Crippen molar-refractivity contribution in [3.63, 3.8) is 0 Å². The Labute approximate surface area is 109 Å². The fraction of sp³-hybridized carbons (Fsp3) is 0.385. The highest BCUT2D eigenvalue weighted by Crippen LogP contribution is 2.49. The lowest BCUT2D eigenvalue weighted by Crippen LogP contribution is -2.08. The van der Waals surface area contributed by atoms with Crippen molar-refractivity contribution >= 4 is 21.9 Å². The van der Waals surface area contributed by atoms with Crippen LogP contribution in [0.1, 0.15) is 34.3 Å². The SMILES string of the molecule is [C-]#[N+]C1(c2ccc(CBr)c(C(=O)OC)c2)CC1. The number of carbonyl (C=O) groups excluding carboxylic acids is 1. The summed E-state index contributed by atoms with van der Waals surface area (Å²) in [6.07, 6.45) is 1.76. The van der Waals surface area contributed by atoms with E-state index in [1.165, 1.54) is 7.11 Å². The van der Waals surface area contributed by atoms with Crippen molar-refractivity contribution in [2.45, 2.75) is 23.7 Å². The zero-order chi connectivity index (χ0) is 12.5. The van der Waals surface area contributed by atoms with Gasteiger partial charge in [0.2, 0.25) is 0 Å². The molecule has 17 heavy (non-hydrogen) atoms. The van der Waals surface area contributed by atoms with E-state index >= 15 is 0 Å². The van der Waals surface area contributed by atoms with E-state index in [-0.39, 0.29) is 11.5 Å². The minimum Gasteiger partial charge on any atom is -0.465 e. The average molecular weight is 294 g/mol. The van der Waals surface area contributed by atoms with Crippen LogP contribution in [0.3, 0.4) is 0 Å². The zero-order valence-corrected chi connectivity index (χ0v) is 11.1. The van der Waals surface area contributed by atoms with Gasteiger partial charge in [-0.1, -0.05) is 28.1 Å². The van der Waals surface area contributed by atoms with Gasteiger partial charge < -0.3 is 9.58 Å². The molecule has 1 aromatic rings. The summed E-state index contributed by atoms with van der Waals surface area (Å²) in [4.78, 5) is 15.3. The lowest BCUT2D eigenvalue weighted by molar-refractivity contribution is 0.0599. The largest absolute Gasteiger partial charge is 0.465 e. The number of hydrogen-bond acceptors (Lipinski definition) is 2. The topological polar surface area (TPSA) is 30.7 Å². The van der Waals surface area contributed by atoms with Gasteiger partial charge in [-0.05, 0) is 11.6 Å². The molecule has 0 heterocycles. The molecule has 1 aliphatic carbocycles. The van der Waals surface area contributed by atoms with Crippen LogP contribution in [0.4, 0.5) is 0 Å². The Morgan fingerprint density at radius 1 is 1.59 bits per heavy atom. The molecule has 0 spiro atoms. The molecule has 1 fully saturated rings. The van der Waals surface area contributed by atoms with Gasteiger partial charge in [0.1, 0.15) is 0 Å². The summed E-state index contributed by atoms with van der Waals surface area (Å²) in [5.74, 6) is -0.345. The maximum Gasteiger partial charge on any atom is 0.338 e. The zero-order valence-electron chi connectivity index (χ0n) is 9.50. The van der Waals surface area contributed by atoms with E-state index in [2.05, 4.69) is 20.8 Å². The van der Waals surface area contributed by atoms with Gasteiger partial charge in [-0.2, -0.15) is 0 Å². The smallest absolute Gasteiger partial charge is 0.338 e. The van der Waals surface area contributed by atoms with E-state index in [1.54, 1.807) is 6.07 Å². The molecule has 0 aliphatic heterocycles. The third kappa shape index (κ3) is 2.07. The van der Waals surface area contributed by atoms with E-state index in [4.69, 9.17) is 11.3 Å². The minimum atomic E-state index is -0.381. The van der Waals surface area contributed by atoms with Gasteiger partial charge in [-0.15, -0.1) is 0 Å². The molecule has 1 aromatic carbocycles. The Bertz CT molecular complexity index is 501. The van der Waals surface area contributed by atoms with Crippen molar-refractivity contribution in [2.24, 2.45) is 0 Å². The van der Waals surface area contributed by atoms with Gasteiger partial charge in [0.25, 0.3) is 5.54 Å². The maximum absolute atomic E-state index is 11.7. The molecule has 0 atom stereocenters. The van der Waals surface area contributed by atoms with E-state index in [1.807, 2.05) is 12.1 Å². The molecule has 1 saturated carbocycles. The Kier molecular flexibility index (Phi) is 3.21. The number of hydrogen-bond donors (Lipinski definition) is 0. The highest BCUT2D eigenvalue weighted by atomic mass is 79.9. The second-order valence-electron chi connectivity index (χ2n) is 4.14. The van der Waals surface area contributed by atoms with E-state index < -0.39 is 0 Å². The van der Waals surface area contributed by atoms with Gasteiger partial charge >= 0.3 is 5.97 Å². The number of halogens is 1. The fourth-order valence-corrected chi connectivity index (χ4v) is 2.35. The van der Waals surface area contributed by atoms with Crippen molar-refractivity contribution in [1.29, 1.82) is 0 Å². The van der Waals surface area contributed by atoms with E-state index in [0.29, 0.717) is 10.9 Å². The van der Waals surface area contributed by atoms with Gasteiger partial charge in [-0.25, -0.2) is 11.4 Å². The molecule has 0 bridgehead atoms. The van der Waals surface area contributed by atoms with Gasteiger partial charge in [0.15, 0.2) is 0 Å². The number of alkyl halides is 1. The summed E-state index contributed by atoms with van der Waals surface area (Å²) in [6, 6.07) is 5.63. The third-order valence-corrected chi connectivity index (χ3v) is 3.74. The molecule has 3 nitrogen and oxygen atoms in total. The highest BCUT2D eigenvalue weighted by Gasteiger charge is 2.52. The predicted octanol–water partition coefficient (Wildman–Crippen LogP) is 3.28. The van der Waals surface area contributed by atoms with Crippen molar-refractivity contribution in [2.75, 3.05) is 7.11 Å². The molecule has 0 amide bonds. The van der Waals surface area contributed by atoms with Crippen LogP contribution in [0.2, 0.25) is 0 Å². The van der Waals surface area contributed by atoms with Crippen molar-refractivity contribution in [3.05, 3.63) is 46.3 Å². The minimum absolute atomic E-state index is 0.345. The number of nitrogens with zero attached hydrogens (tertiary/aromatic N) is 1. The standard InChI is InChI=1S/C13H12BrNO2/c1-15-13(5-6-13)10-4-3-9(8-14)11(7-10)12(16)17-2/h3-4,7H,5-6,8H2,2H3. The molecule has 4 heteroatoms. The molecule has 1 aliphatic rings. The number of ether oxygens (including phenoxy) is 1. The number of methoxy groups -OCH3 is 1. The van der Waals surface area contributed by atoms with Crippen LogP contribution in [0.15, 0.2) is 18.2 Å². The van der Waals surface area contributed by atoms with Crippen molar-refractivity contribution in [3.8, 4) is 0 Å². The molecule has 0 unspecified atom stereocenters. The van der Waals surface area contributed by atoms with Crippen LogP contribution in [-0.4, -0.2) is 13.1 Å². The third-order valence-electron chi connectivity index (χ3n) is 3.13. The first-order chi connectivity index (χ1) is 8.16. The van der Waals surface area contributed by atoms with Gasteiger partial charge in [-0.3, -0.25) is 0 Å². The molecule has 0 N–H and O–H groups in total. The Hall–Kier alpha value is -1.34. The maximum atomic E-state index is 11.7. The van der Waals surface area contributed by atoms with Crippen molar-refractivity contribution < 1.29 is 9.53 Å². The van der Waals surface area contributed by atoms with Crippen LogP contribution >= 0.6 is 15.9 Å². The van der Waals surface area contributed by atoms with E-state index in [0.717, 1.165) is 24.0 Å². The number of esters is 1. The summed E-state index contributed by atoms with van der Waals surface area (Å²) >= 11 is 3.35. The van der Waals surface area contributed by atoms with E-state index in [9.17, 15) is 4.79 Å². The van der Waals surface area contributed by atoms with Crippen LogP contribution in [0.25, 0.3) is 4.85 Å². The first-order valence-electron chi connectivity index (χ1n) is 5.33. The molecule has 2 rings (SSSR count). The summed E-state index contributed by atoms with van der Waals surface area (Å²) in [5.41, 5.74) is 1.99. The molecule has 0 aromatic heterocycles. The van der Waals surface area contributed by atoms with Gasteiger partial charge in [0, 0.05) is 23.7 Å². The predicted molar refractivity (Wildman–Crippen MR) is 67.9 cm³/mol. The Morgan fingerprint density at radius 3 is 2.76 bits per heavy atom. The van der Waals surface area contributed by atoms with Gasteiger partial charge in [0.05, 0.1) is 12.7 Å². The number of carbonyl (C=O) groups is 1. The fourth-order valence-electron chi connectivity index (χ4n) is 1.87. The summed E-state index contributed by atoms with van der Waals surface area (Å²) < 4.78 is 4.76. The summed E-state index contributed by atoms with van der Waals surface area (Å²) in [5, 5.41) is 0.600. The first kappa shape index (κ1) is 12.1. The van der Waals surface area contributed by atoms with Crippen LogP contribution in [0.5, 0.6) is 0 Å². The van der Waals surface area contributed by atoms with Crippen LogP contribution in [0, 0.1) is 6.57 Å². The molecular weight excluding hydrogens is 282 g/mol. The lowest BCUT2D eigenvalue weighted by Gasteiger charge is -2.09. The normalized spacial score (nSPS) is 16.1. The quantitative estimate of drug-likeness (QED) is 0.486. The van der Waals surface area contributed by atoms with Crippen LogP contribution < -0.4 is 0 Å². The highest BCUT2D eigenvalue weighted by molar-refractivity contribution is 9.08. The van der Waals surface area contributed by atoms with Crippen LogP contribution in [-0.2, 0) is 15.6 Å². The monoisotopic (exact) mass is 293 g/mol. The molecular formula is C13H12BrNO2. The number of rotatable bonds is 3. The summed E-state index contributed by atoms with van der Waals surface area (Å²) in [6.45, 7) is 7.23. The van der Waals surface area contributed by atoms with Crippen molar-refractivity contribution in [1.82, 2.24) is 0 Å². The molecule has 88 valence electrons. The average Bonchev–Trinajstić information content (AvgIpc) is 3.18. The second kappa shape index (κ2) is 4.50.